The van der Waals surface area contributed by atoms with E-state index < -0.39 is 0 Å². The quantitative estimate of drug-likeness (QED) is 0.873. The molecule has 0 spiro atoms. The molecule has 1 aliphatic carbocycles. The van der Waals surface area contributed by atoms with Crippen LogP contribution in [0.2, 0.25) is 0 Å². The number of piperidine rings is 1. The Balaban J connectivity index is 1.62. The number of hydrogen-bond donors (Lipinski definition) is 2. The number of rotatable bonds is 3. The minimum absolute atomic E-state index is 0.178. The number of pyridine rings is 1. The average molecular weight is 342 g/mol. The summed E-state index contributed by atoms with van der Waals surface area (Å²) < 4.78 is 0. The molecular weight excluding hydrogens is 312 g/mol. The van der Waals surface area contributed by atoms with E-state index in [1.165, 1.54) is 49.8 Å². The summed E-state index contributed by atoms with van der Waals surface area (Å²) in [6.45, 7) is 3.17. The van der Waals surface area contributed by atoms with E-state index in [1.54, 1.807) is 0 Å². The first kappa shape index (κ1) is 16.7. The van der Waals surface area contributed by atoms with Crippen LogP contribution in [0.1, 0.15) is 63.4 Å². The predicted molar refractivity (Wildman–Crippen MR) is 102 cm³/mol. The molecule has 3 heterocycles. The van der Waals surface area contributed by atoms with Gasteiger partial charge in [0.25, 0.3) is 0 Å². The summed E-state index contributed by atoms with van der Waals surface area (Å²) in [4.78, 5) is 19.9. The SMILES string of the molecule is O=C(Nc1cnc2c(c1N1CCCCC1)CCCN2)C1CCCCC1. The average Bonchev–Trinajstić information content (AvgIpc) is 2.69. The Morgan fingerprint density at radius 1 is 1.08 bits per heavy atom. The molecule has 3 aliphatic rings. The smallest absolute Gasteiger partial charge is 0.227 e. The maximum atomic E-state index is 12.8. The molecule has 1 saturated heterocycles. The molecule has 1 saturated carbocycles. The molecule has 1 aromatic rings. The van der Waals surface area contributed by atoms with Gasteiger partial charge in [-0.2, -0.15) is 0 Å². The number of anilines is 3. The maximum Gasteiger partial charge on any atom is 0.227 e. The zero-order valence-corrected chi connectivity index (χ0v) is 15.1. The fraction of sp³-hybridized carbons (Fsp3) is 0.700. The van der Waals surface area contributed by atoms with Gasteiger partial charge >= 0.3 is 0 Å². The zero-order valence-electron chi connectivity index (χ0n) is 15.1. The number of fused-ring (bicyclic) bond motifs is 1. The van der Waals surface area contributed by atoms with E-state index in [1.807, 2.05) is 6.20 Å². The number of nitrogens with one attached hydrogen (secondary N) is 2. The van der Waals surface area contributed by atoms with Crippen LogP contribution in [0.5, 0.6) is 0 Å². The Bertz CT molecular complexity index is 618. The van der Waals surface area contributed by atoms with Crippen LogP contribution in [0.25, 0.3) is 0 Å². The molecule has 136 valence electrons. The second-order valence-electron chi connectivity index (χ2n) is 7.75. The van der Waals surface area contributed by atoms with Crippen molar-refractivity contribution >= 4 is 23.1 Å². The van der Waals surface area contributed by atoms with Crippen LogP contribution >= 0.6 is 0 Å². The number of nitrogens with zero attached hydrogens (tertiary/aromatic N) is 2. The molecule has 0 unspecified atom stereocenters. The van der Waals surface area contributed by atoms with E-state index in [0.29, 0.717) is 0 Å². The minimum atomic E-state index is 0.178. The van der Waals surface area contributed by atoms with Gasteiger partial charge in [-0.3, -0.25) is 4.79 Å². The molecule has 0 atom stereocenters. The normalized spacial score (nSPS) is 21.4. The van der Waals surface area contributed by atoms with Crippen molar-refractivity contribution in [2.45, 2.75) is 64.2 Å². The first-order chi connectivity index (χ1) is 12.3. The molecule has 4 rings (SSSR count). The highest BCUT2D eigenvalue weighted by Crippen LogP contribution is 2.38. The molecule has 0 bridgehead atoms. The largest absolute Gasteiger partial charge is 0.370 e. The molecule has 25 heavy (non-hydrogen) atoms. The van der Waals surface area contributed by atoms with Crippen molar-refractivity contribution in [1.29, 1.82) is 0 Å². The van der Waals surface area contributed by atoms with Crippen molar-refractivity contribution < 1.29 is 4.79 Å². The third-order valence-corrected chi connectivity index (χ3v) is 5.95. The molecule has 5 heteroatoms. The van der Waals surface area contributed by atoms with Crippen molar-refractivity contribution in [2.24, 2.45) is 5.92 Å². The molecule has 2 aliphatic heterocycles. The molecule has 1 amide bonds. The fourth-order valence-electron chi connectivity index (χ4n) is 4.57. The summed E-state index contributed by atoms with van der Waals surface area (Å²) >= 11 is 0. The number of carbonyl (C=O) groups is 1. The highest BCUT2D eigenvalue weighted by Gasteiger charge is 2.26. The van der Waals surface area contributed by atoms with E-state index in [4.69, 9.17) is 0 Å². The van der Waals surface area contributed by atoms with Crippen molar-refractivity contribution in [3.63, 3.8) is 0 Å². The van der Waals surface area contributed by atoms with Gasteiger partial charge < -0.3 is 15.5 Å². The Morgan fingerprint density at radius 3 is 2.64 bits per heavy atom. The standard InChI is InChI=1S/C20H30N4O/c25-20(15-8-3-1-4-9-15)23-17-14-22-19-16(10-7-11-21-19)18(17)24-12-5-2-6-13-24/h14-15H,1-13H2,(H,21,22)(H,23,25). The van der Waals surface area contributed by atoms with Crippen LogP contribution in [-0.2, 0) is 11.2 Å². The predicted octanol–water partition coefficient (Wildman–Crippen LogP) is 3.95. The molecule has 2 fully saturated rings. The topological polar surface area (TPSA) is 57.3 Å². The lowest BCUT2D eigenvalue weighted by molar-refractivity contribution is -0.120. The van der Waals surface area contributed by atoms with Crippen molar-refractivity contribution in [2.75, 3.05) is 35.2 Å². The van der Waals surface area contributed by atoms with Gasteiger partial charge in [0.1, 0.15) is 5.82 Å². The molecule has 2 N–H and O–H groups in total. The monoisotopic (exact) mass is 342 g/mol. The van der Waals surface area contributed by atoms with Gasteiger partial charge in [0.2, 0.25) is 5.91 Å². The van der Waals surface area contributed by atoms with Crippen molar-refractivity contribution in [3.05, 3.63) is 11.8 Å². The molecule has 0 radical (unpaired) electrons. The van der Waals surface area contributed by atoms with Crippen LogP contribution in [0.15, 0.2) is 6.20 Å². The van der Waals surface area contributed by atoms with Crippen LogP contribution in [0.4, 0.5) is 17.2 Å². The van der Waals surface area contributed by atoms with E-state index in [2.05, 4.69) is 20.5 Å². The second kappa shape index (κ2) is 7.63. The Labute approximate surface area is 150 Å². The van der Waals surface area contributed by atoms with Gasteiger partial charge in [-0.25, -0.2) is 4.98 Å². The highest BCUT2D eigenvalue weighted by molar-refractivity contribution is 5.97. The van der Waals surface area contributed by atoms with E-state index >= 15 is 0 Å². The van der Waals surface area contributed by atoms with Crippen LogP contribution in [-0.4, -0.2) is 30.5 Å². The molecular formula is C20H30N4O. The second-order valence-corrected chi connectivity index (χ2v) is 7.75. The lowest BCUT2D eigenvalue weighted by Gasteiger charge is -2.34. The summed E-state index contributed by atoms with van der Waals surface area (Å²) in [6.07, 6.45) is 13.6. The summed E-state index contributed by atoms with van der Waals surface area (Å²) in [5, 5.41) is 6.69. The zero-order chi connectivity index (χ0) is 17.1. The number of aromatic nitrogens is 1. The third kappa shape index (κ3) is 3.60. The molecule has 0 aromatic carbocycles. The summed E-state index contributed by atoms with van der Waals surface area (Å²) in [5.74, 6) is 1.39. The lowest BCUT2D eigenvalue weighted by atomic mass is 9.88. The van der Waals surface area contributed by atoms with Crippen LogP contribution in [0.3, 0.4) is 0 Å². The van der Waals surface area contributed by atoms with Gasteiger partial charge in [-0.05, 0) is 44.9 Å². The number of hydrogen-bond acceptors (Lipinski definition) is 4. The number of amides is 1. The van der Waals surface area contributed by atoms with Gasteiger partial charge in [0.05, 0.1) is 17.6 Å². The van der Waals surface area contributed by atoms with Gasteiger partial charge in [-0.1, -0.05) is 19.3 Å². The van der Waals surface area contributed by atoms with Gasteiger partial charge in [0.15, 0.2) is 0 Å². The van der Waals surface area contributed by atoms with E-state index in [-0.39, 0.29) is 11.8 Å². The Hall–Kier alpha value is -1.78. The summed E-state index contributed by atoms with van der Waals surface area (Å²) in [6, 6.07) is 0. The molecule has 1 aromatic heterocycles. The Kier molecular flexibility index (Phi) is 5.09. The van der Waals surface area contributed by atoms with Crippen LogP contribution in [0, 0.1) is 5.92 Å². The van der Waals surface area contributed by atoms with Gasteiger partial charge in [0, 0.05) is 31.1 Å². The molecule has 5 nitrogen and oxygen atoms in total. The van der Waals surface area contributed by atoms with Gasteiger partial charge in [-0.15, -0.1) is 0 Å². The number of carbonyl (C=O) groups excluding carboxylic acids is 1. The first-order valence-corrected chi connectivity index (χ1v) is 10.1. The summed E-state index contributed by atoms with van der Waals surface area (Å²) in [5.41, 5.74) is 3.47. The highest BCUT2D eigenvalue weighted by atomic mass is 16.1. The minimum Gasteiger partial charge on any atom is -0.370 e. The Morgan fingerprint density at radius 2 is 1.84 bits per heavy atom. The lowest BCUT2D eigenvalue weighted by Crippen LogP contribution is -2.33. The van der Waals surface area contributed by atoms with Crippen molar-refractivity contribution in [3.8, 4) is 0 Å². The first-order valence-electron chi connectivity index (χ1n) is 10.1. The summed E-state index contributed by atoms with van der Waals surface area (Å²) in [7, 11) is 0. The van der Waals surface area contributed by atoms with E-state index in [0.717, 1.165) is 56.8 Å². The van der Waals surface area contributed by atoms with Crippen molar-refractivity contribution in [1.82, 2.24) is 4.98 Å². The maximum absolute atomic E-state index is 12.8. The van der Waals surface area contributed by atoms with E-state index in [9.17, 15) is 4.79 Å². The fourth-order valence-corrected chi connectivity index (χ4v) is 4.57. The van der Waals surface area contributed by atoms with Crippen LogP contribution < -0.4 is 15.5 Å². The third-order valence-electron chi connectivity index (χ3n) is 5.95.